The number of nitrogens with zero attached hydrogens (tertiary/aromatic N) is 2. The molecular formula is C11H19N3O. The SMILES string of the molecule is CC(C)Cc1nc(CO)c2n1CCNC2. The molecule has 0 amide bonds. The summed E-state index contributed by atoms with van der Waals surface area (Å²) in [6, 6.07) is 0. The smallest absolute Gasteiger partial charge is 0.109 e. The number of aliphatic hydroxyl groups excluding tert-OH is 1. The Morgan fingerprint density at radius 1 is 1.53 bits per heavy atom. The van der Waals surface area contributed by atoms with E-state index in [9.17, 15) is 5.11 Å². The topological polar surface area (TPSA) is 50.1 Å². The fourth-order valence-electron chi connectivity index (χ4n) is 2.10. The number of fused-ring (bicyclic) bond motifs is 1. The molecule has 0 atom stereocenters. The van der Waals surface area contributed by atoms with Crippen LogP contribution in [-0.2, 0) is 26.1 Å². The summed E-state index contributed by atoms with van der Waals surface area (Å²) in [5.41, 5.74) is 2.01. The van der Waals surface area contributed by atoms with Crippen molar-refractivity contribution in [2.24, 2.45) is 5.92 Å². The highest BCUT2D eigenvalue weighted by Gasteiger charge is 2.19. The second kappa shape index (κ2) is 4.33. The molecule has 1 aliphatic rings. The van der Waals surface area contributed by atoms with Crippen molar-refractivity contribution in [2.75, 3.05) is 6.54 Å². The molecule has 1 aromatic heterocycles. The molecule has 0 saturated heterocycles. The van der Waals surface area contributed by atoms with Crippen LogP contribution in [0.1, 0.15) is 31.1 Å². The minimum Gasteiger partial charge on any atom is -0.390 e. The molecular weight excluding hydrogens is 190 g/mol. The maximum absolute atomic E-state index is 9.24. The van der Waals surface area contributed by atoms with Crippen LogP contribution in [0, 0.1) is 5.92 Å². The van der Waals surface area contributed by atoms with Crippen molar-refractivity contribution in [3.63, 3.8) is 0 Å². The van der Waals surface area contributed by atoms with E-state index in [1.54, 1.807) is 0 Å². The molecule has 15 heavy (non-hydrogen) atoms. The molecule has 0 saturated carbocycles. The van der Waals surface area contributed by atoms with Gasteiger partial charge in [-0.15, -0.1) is 0 Å². The van der Waals surface area contributed by atoms with Crippen LogP contribution in [0.4, 0.5) is 0 Å². The molecule has 0 fully saturated rings. The van der Waals surface area contributed by atoms with E-state index >= 15 is 0 Å². The molecule has 4 heteroatoms. The van der Waals surface area contributed by atoms with E-state index in [1.807, 2.05) is 0 Å². The molecule has 0 aromatic carbocycles. The zero-order valence-electron chi connectivity index (χ0n) is 9.45. The fourth-order valence-corrected chi connectivity index (χ4v) is 2.10. The van der Waals surface area contributed by atoms with Crippen LogP contribution in [0.25, 0.3) is 0 Å². The van der Waals surface area contributed by atoms with Crippen LogP contribution in [0.5, 0.6) is 0 Å². The van der Waals surface area contributed by atoms with Crippen molar-refractivity contribution in [3.8, 4) is 0 Å². The largest absolute Gasteiger partial charge is 0.390 e. The van der Waals surface area contributed by atoms with E-state index in [-0.39, 0.29) is 6.61 Å². The molecule has 0 bridgehead atoms. The van der Waals surface area contributed by atoms with E-state index in [1.165, 1.54) is 5.69 Å². The molecule has 0 radical (unpaired) electrons. The molecule has 0 aliphatic carbocycles. The second-order valence-corrected chi connectivity index (χ2v) is 4.51. The Kier molecular flexibility index (Phi) is 3.07. The van der Waals surface area contributed by atoms with Gasteiger partial charge in [-0.2, -0.15) is 0 Å². The number of aromatic nitrogens is 2. The highest BCUT2D eigenvalue weighted by Crippen LogP contribution is 2.17. The normalized spacial score (nSPS) is 15.7. The number of hydrogen-bond acceptors (Lipinski definition) is 3. The zero-order valence-corrected chi connectivity index (χ0v) is 9.45. The Morgan fingerprint density at radius 2 is 2.33 bits per heavy atom. The van der Waals surface area contributed by atoms with Crippen LogP contribution in [0.3, 0.4) is 0 Å². The van der Waals surface area contributed by atoms with Crippen LogP contribution in [-0.4, -0.2) is 21.2 Å². The number of aliphatic hydroxyl groups is 1. The lowest BCUT2D eigenvalue weighted by atomic mass is 10.1. The average Bonchev–Trinajstić information content (AvgIpc) is 2.56. The minimum atomic E-state index is 0.0507. The first kappa shape index (κ1) is 10.6. The van der Waals surface area contributed by atoms with Crippen LogP contribution in [0.15, 0.2) is 0 Å². The lowest BCUT2D eigenvalue weighted by Crippen LogP contribution is -2.29. The van der Waals surface area contributed by atoms with Gasteiger partial charge in [0.15, 0.2) is 0 Å². The zero-order chi connectivity index (χ0) is 10.8. The first-order valence-electron chi connectivity index (χ1n) is 5.61. The van der Waals surface area contributed by atoms with Gasteiger partial charge in [0.05, 0.1) is 18.0 Å². The number of hydrogen-bond donors (Lipinski definition) is 2. The number of rotatable bonds is 3. The van der Waals surface area contributed by atoms with Crippen molar-refractivity contribution in [2.45, 2.75) is 40.0 Å². The van der Waals surface area contributed by atoms with Gasteiger partial charge < -0.3 is 15.0 Å². The summed E-state index contributed by atoms with van der Waals surface area (Å²) in [6.07, 6.45) is 0.993. The summed E-state index contributed by atoms with van der Waals surface area (Å²) in [4.78, 5) is 4.52. The quantitative estimate of drug-likeness (QED) is 0.769. The van der Waals surface area contributed by atoms with Gasteiger partial charge in [-0.25, -0.2) is 4.98 Å². The van der Waals surface area contributed by atoms with Crippen molar-refractivity contribution in [3.05, 3.63) is 17.2 Å². The lowest BCUT2D eigenvalue weighted by molar-refractivity contribution is 0.274. The minimum absolute atomic E-state index is 0.0507. The second-order valence-electron chi connectivity index (χ2n) is 4.51. The molecule has 2 rings (SSSR count). The van der Waals surface area contributed by atoms with Gasteiger partial charge in [0, 0.05) is 26.1 Å². The van der Waals surface area contributed by atoms with Crippen molar-refractivity contribution < 1.29 is 5.11 Å². The Bertz CT molecular complexity index is 344. The Hall–Kier alpha value is -0.870. The van der Waals surface area contributed by atoms with Crippen molar-refractivity contribution in [1.82, 2.24) is 14.9 Å². The van der Waals surface area contributed by atoms with E-state index in [0.717, 1.165) is 37.6 Å². The van der Waals surface area contributed by atoms with Crippen LogP contribution < -0.4 is 5.32 Å². The molecule has 0 spiro atoms. The van der Waals surface area contributed by atoms with Crippen LogP contribution in [0.2, 0.25) is 0 Å². The highest BCUT2D eigenvalue weighted by atomic mass is 16.3. The van der Waals surface area contributed by atoms with E-state index in [4.69, 9.17) is 0 Å². The lowest BCUT2D eigenvalue weighted by Gasteiger charge is -2.19. The summed E-state index contributed by atoms with van der Waals surface area (Å²) in [5, 5.41) is 12.5. The van der Waals surface area contributed by atoms with Crippen molar-refractivity contribution >= 4 is 0 Å². The van der Waals surface area contributed by atoms with Gasteiger partial charge in [0.2, 0.25) is 0 Å². The third-order valence-corrected chi connectivity index (χ3v) is 2.78. The third-order valence-electron chi connectivity index (χ3n) is 2.78. The third kappa shape index (κ3) is 2.06. The van der Waals surface area contributed by atoms with E-state index < -0.39 is 0 Å². The number of imidazole rings is 1. The average molecular weight is 209 g/mol. The first-order chi connectivity index (χ1) is 7.22. The molecule has 84 valence electrons. The fraction of sp³-hybridized carbons (Fsp3) is 0.727. The van der Waals surface area contributed by atoms with E-state index in [0.29, 0.717) is 5.92 Å². The van der Waals surface area contributed by atoms with Gasteiger partial charge in [-0.3, -0.25) is 0 Å². The highest BCUT2D eigenvalue weighted by molar-refractivity contribution is 5.18. The molecule has 1 aromatic rings. The molecule has 2 N–H and O–H groups in total. The summed E-state index contributed by atoms with van der Waals surface area (Å²) in [5.74, 6) is 1.74. The molecule has 0 unspecified atom stereocenters. The molecule has 2 heterocycles. The molecule has 4 nitrogen and oxygen atoms in total. The summed E-state index contributed by atoms with van der Waals surface area (Å²) in [7, 11) is 0. The standard InChI is InChI=1S/C11H19N3O/c1-8(2)5-11-13-9(7-15)10-6-12-3-4-14(10)11/h8,12,15H,3-7H2,1-2H3. The van der Waals surface area contributed by atoms with Gasteiger partial charge in [0.1, 0.15) is 5.82 Å². The maximum Gasteiger partial charge on any atom is 0.109 e. The Labute approximate surface area is 90.3 Å². The monoisotopic (exact) mass is 209 g/mol. The molecule has 1 aliphatic heterocycles. The van der Waals surface area contributed by atoms with E-state index in [2.05, 4.69) is 28.7 Å². The van der Waals surface area contributed by atoms with Gasteiger partial charge in [0.25, 0.3) is 0 Å². The van der Waals surface area contributed by atoms with Gasteiger partial charge >= 0.3 is 0 Å². The van der Waals surface area contributed by atoms with Crippen molar-refractivity contribution in [1.29, 1.82) is 0 Å². The summed E-state index contributed by atoms with van der Waals surface area (Å²) >= 11 is 0. The number of nitrogens with one attached hydrogen (secondary N) is 1. The Balaban J connectivity index is 2.33. The Morgan fingerprint density at radius 3 is 3.00 bits per heavy atom. The predicted octanol–water partition coefficient (Wildman–Crippen LogP) is 0.677. The van der Waals surface area contributed by atoms with Crippen LogP contribution >= 0.6 is 0 Å². The predicted molar refractivity (Wildman–Crippen MR) is 58.4 cm³/mol. The summed E-state index contributed by atoms with van der Waals surface area (Å²) < 4.78 is 2.27. The maximum atomic E-state index is 9.24. The first-order valence-corrected chi connectivity index (χ1v) is 5.61. The van der Waals surface area contributed by atoms with Gasteiger partial charge in [-0.1, -0.05) is 13.8 Å². The van der Waals surface area contributed by atoms with Gasteiger partial charge in [-0.05, 0) is 5.92 Å². The summed E-state index contributed by atoms with van der Waals surface area (Å²) in [6.45, 7) is 7.25.